The van der Waals surface area contributed by atoms with Gasteiger partial charge < -0.3 is 14.5 Å². The van der Waals surface area contributed by atoms with Gasteiger partial charge in [0.25, 0.3) is 5.56 Å². The van der Waals surface area contributed by atoms with Gasteiger partial charge in [-0.05, 0) is 31.5 Å². The summed E-state index contributed by atoms with van der Waals surface area (Å²) >= 11 is 0. The fourth-order valence-corrected chi connectivity index (χ4v) is 2.92. The van der Waals surface area contributed by atoms with Crippen LogP contribution < -0.4 is 10.3 Å². The van der Waals surface area contributed by atoms with Crippen LogP contribution in [0, 0.1) is 19.8 Å². The fraction of sp³-hybridized carbons (Fsp3) is 0.333. The SMILES string of the molecule is Cc1cc(C)c(C(=O)O[C@@H]2c3ccccc3OC[C@H]2C)c(=O)[nH]1. The molecule has 1 N–H and O–H groups in total. The number of aromatic nitrogens is 1. The van der Waals surface area contributed by atoms with Crippen LogP contribution in [0.4, 0.5) is 0 Å². The maximum Gasteiger partial charge on any atom is 0.344 e. The summed E-state index contributed by atoms with van der Waals surface area (Å²) in [7, 11) is 0. The van der Waals surface area contributed by atoms with Crippen LogP contribution in [0.2, 0.25) is 0 Å². The molecule has 2 heterocycles. The van der Waals surface area contributed by atoms with Gasteiger partial charge >= 0.3 is 5.97 Å². The molecule has 0 aliphatic carbocycles. The minimum absolute atomic E-state index is 0.0127. The van der Waals surface area contributed by atoms with Gasteiger partial charge in [-0.3, -0.25) is 4.79 Å². The highest BCUT2D eigenvalue weighted by molar-refractivity contribution is 5.90. The smallest absolute Gasteiger partial charge is 0.344 e. The number of pyridine rings is 1. The van der Waals surface area contributed by atoms with Crippen molar-refractivity contribution in [3.63, 3.8) is 0 Å². The van der Waals surface area contributed by atoms with Crippen molar-refractivity contribution in [1.82, 2.24) is 4.98 Å². The molecular formula is C18H19NO4. The van der Waals surface area contributed by atoms with Crippen LogP contribution in [0.5, 0.6) is 5.75 Å². The lowest BCUT2D eigenvalue weighted by atomic mass is 9.94. The van der Waals surface area contributed by atoms with E-state index in [2.05, 4.69) is 4.98 Å². The van der Waals surface area contributed by atoms with Crippen LogP contribution >= 0.6 is 0 Å². The average molecular weight is 313 g/mol. The van der Waals surface area contributed by atoms with Crippen molar-refractivity contribution < 1.29 is 14.3 Å². The van der Waals surface area contributed by atoms with E-state index in [1.165, 1.54) is 0 Å². The number of aromatic amines is 1. The normalized spacial score (nSPS) is 19.6. The predicted octanol–water partition coefficient (Wildman–Crippen LogP) is 2.92. The quantitative estimate of drug-likeness (QED) is 0.866. The van der Waals surface area contributed by atoms with Gasteiger partial charge in [0.2, 0.25) is 0 Å². The van der Waals surface area contributed by atoms with Gasteiger partial charge in [0.05, 0.1) is 6.61 Å². The number of esters is 1. The maximum absolute atomic E-state index is 12.5. The highest BCUT2D eigenvalue weighted by atomic mass is 16.6. The monoisotopic (exact) mass is 313 g/mol. The number of ether oxygens (including phenoxy) is 2. The highest BCUT2D eigenvalue weighted by Gasteiger charge is 2.32. The Bertz CT molecular complexity index is 809. The number of carbonyl (C=O) groups excluding carboxylic acids is 1. The Balaban J connectivity index is 1.93. The Kier molecular flexibility index (Phi) is 3.94. The van der Waals surface area contributed by atoms with Gasteiger partial charge in [-0.25, -0.2) is 4.79 Å². The average Bonchev–Trinajstić information content (AvgIpc) is 2.49. The van der Waals surface area contributed by atoms with Crippen molar-refractivity contribution >= 4 is 5.97 Å². The van der Waals surface area contributed by atoms with E-state index in [-0.39, 0.29) is 11.5 Å². The van der Waals surface area contributed by atoms with Gasteiger partial charge in [-0.15, -0.1) is 0 Å². The number of para-hydroxylation sites is 1. The molecule has 1 aliphatic rings. The molecule has 3 rings (SSSR count). The van der Waals surface area contributed by atoms with E-state index in [1.807, 2.05) is 31.2 Å². The third-order valence-electron chi connectivity index (χ3n) is 4.05. The lowest BCUT2D eigenvalue weighted by Gasteiger charge is -2.31. The number of fused-ring (bicyclic) bond motifs is 1. The molecule has 2 aromatic rings. The molecule has 0 saturated heterocycles. The Morgan fingerprint density at radius 1 is 1.30 bits per heavy atom. The van der Waals surface area contributed by atoms with Crippen molar-refractivity contribution in [2.45, 2.75) is 26.9 Å². The van der Waals surface area contributed by atoms with Crippen LogP contribution in [0.15, 0.2) is 35.1 Å². The first-order valence-electron chi connectivity index (χ1n) is 7.60. The number of hydrogen-bond donors (Lipinski definition) is 1. The van der Waals surface area contributed by atoms with Crippen molar-refractivity contribution in [3.8, 4) is 5.75 Å². The first-order valence-corrected chi connectivity index (χ1v) is 7.60. The lowest BCUT2D eigenvalue weighted by Crippen LogP contribution is -2.30. The molecule has 0 bridgehead atoms. The summed E-state index contributed by atoms with van der Waals surface area (Å²) in [5.41, 5.74) is 1.81. The highest BCUT2D eigenvalue weighted by Crippen LogP contribution is 2.37. The summed E-state index contributed by atoms with van der Waals surface area (Å²) in [4.78, 5) is 27.3. The van der Waals surface area contributed by atoms with Gasteiger partial charge in [0.1, 0.15) is 17.4 Å². The molecule has 120 valence electrons. The number of nitrogens with one attached hydrogen (secondary N) is 1. The van der Waals surface area contributed by atoms with E-state index in [4.69, 9.17) is 9.47 Å². The van der Waals surface area contributed by atoms with Crippen LogP contribution in [-0.4, -0.2) is 17.6 Å². The second-order valence-electron chi connectivity index (χ2n) is 5.99. The molecule has 1 aliphatic heterocycles. The summed E-state index contributed by atoms with van der Waals surface area (Å²) in [5, 5.41) is 0. The van der Waals surface area contributed by atoms with E-state index in [1.54, 1.807) is 19.9 Å². The first-order chi connectivity index (χ1) is 11.0. The number of carbonyl (C=O) groups is 1. The summed E-state index contributed by atoms with van der Waals surface area (Å²) in [5.74, 6) is 0.133. The number of rotatable bonds is 2. The molecule has 23 heavy (non-hydrogen) atoms. The molecule has 0 radical (unpaired) electrons. The second kappa shape index (κ2) is 5.91. The van der Waals surface area contributed by atoms with E-state index in [9.17, 15) is 9.59 Å². The van der Waals surface area contributed by atoms with Crippen LogP contribution in [0.25, 0.3) is 0 Å². The standard InChI is InChI=1S/C18H19NO4/c1-10-8-12(3)19-17(20)15(10)18(21)23-16-11(2)9-22-14-7-5-4-6-13(14)16/h4-8,11,16H,9H2,1-3H3,(H,19,20)/t11-,16+/m1/s1. The maximum atomic E-state index is 12.5. The Hall–Kier alpha value is -2.56. The molecule has 2 atom stereocenters. The van der Waals surface area contributed by atoms with E-state index in [0.29, 0.717) is 17.9 Å². The summed E-state index contributed by atoms with van der Waals surface area (Å²) in [6.45, 7) is 5.94. The van der Waals surface area contributed by atoms with Gasteiger partial charge in [-0.1, -0.05) is 25.1 Å². The van der Waals surface area contributed by atoms with E-state index in [0.717, 1.165) is 11.3 Å². The van der Waals surface area contributed by atoms with Crippen molar-refractivity contribution in [3.05, 3.63) is 63.1 Å². The molecule has 5 heteroatoms. The second-order valence-corrected chi connectivity index (χ2v) is 5.99. The third kappa shape index (κ3) is 2.86. The molecular weight excluding hydrogens is 294 g/mol. The number of aryl methyl sites for hydroxylation is 2. The zero-order valence-corrected chi connectivity index (χ0v) is 13.4. The van der Waals surface area contributed by atoms with Crippen molar-refractivity contribution in [2.75, 3.05) is 6.61 Å². The molecule has 5 nitrogen and oxygen atoms in total. The first kappa shape index (κ1) is 15.3. The van der Waals surface area contributed by atoms with Crippen LogP contribution in [0.3, 0.4) is 0 Å². The van der Waals surface area contributed by atoms with E-state index < -0.39 is 17.6 Å². The lowest BCUT2D eigenvalue weighted by molar-refractivity contribution is -0.000468. The molecule has 0 amide bonds. The molecule has 0 fully saturated rings. The molecule has 0 unspecified atom stereocenters. The topological polar surface area (TPSA) is 68.4 Å². The summed E-state index contributed by atoms with van der Waals surface area (Å²) in [6, 6.07) is 9.26. The van der Waals surface area contributed by atoms with Crippen LogP contribution in [-0.2, 0) is 4.74 Å². The zero-order chi connectivity index (χ0) is 16.6. The summed E-state index contributed by atoms with van der Waals surface area (Å²) in [6.07, 6.45) is -0.424. The zero-order valence-electron chi connectivity index (χ0n) is 13.4. The predicted molar refractivity (Wildman–Crippen MR) is 85.8 cm³/mol. The minimum atomic E-state index is -0.600. The van der Waals surface area contributed by atoms with Gasteiger partial charge in [0, 0.05) is 17.2 Å². The number of benzene rings is 1. The van der Waals surface area contributed by atoms with Crippen molar-refractivity contribution in [2.24, 2.45) is 5.92 Å². The Morgan fingerprint density at radius 3 is 2.78 bits per heavy atom. The van der Waals surface area contributed by atoms with Crippen LogP contribution in [0.1, 0.15) is 40.2 Å². The number of hydrogen-bond acceptors (Lipinski definition) is 4. The molecule has 1 aromatic heterocycles. The van der Waals surface area contributed by atoms with E-state index >= 15 is 0 Å². The molecule has 0 saturated carbocycles. The Morgan fingerprint density at radius 2 is 2.04 bits per heavy atom. The Labute approximate surface area is 134 Å². The minimum Gasteiger partial charge on any atom is -0.493 e. The fourth-order valence-electron chi connectivity index (χ4n) is 2.92. The summed E-state index contributed by atoms with van der Waals surface area (Å²) < 4.78 is 11.3. The molecule has 0 spiro atoms. The van der Waals surface area contributed by atoms with Gasteiger partial charge in [-0.2, -0.15) is 0 Å². The van der Waals surface area contributed by atoms with Gasteiger partial charge in [0.15, 0.2) is 0 Å². The number of H-pyrrole nitrogens is 1. The third-order valence-corrected chi connectivity index (χ3v) is 4.05. The molecule has 1 aromatic carbocycles. The van der Waals surface area contributed by atoms with Crippen molar-refractivity contribution in [1.29, 1.82) is 0 Å². The largest absolute Gasteiger partial charge is 0.493 e.